The summed E-state index contributed by atoms with van der Waals surface area (Å²) >= 11 is 1.79. The molecule has 1 fully saturated rings. The maximum atomic E-state index is 10.3. The molecule has 2 nitrogen and oxygen atoms in total. The monoisotopic (exact) mass is 145 g/mol. The molecule has 1 aliphatic rings. The van der Waals surface area contributed by atoms with Crippen LogP contribution in [0.3, 0.4) is 0 Å². The van der Waals surface area contributed by atoms with Crippen molar-refractivity contribution in [1.29, 1.82) is 0 Å². The van der Waals surface area contributed by atoms with Gasteiger partial charge >= 0.3 is 0 Å². The van der Waals surface area contributed by atoms with E-state index in [4.69, 9.17) is 0 Å². The van der Waals surface area contributed by atoms with Crippen LogP contribution in [-0.4, -0.2) is 23.0 Å². The maximum Gasteiger partial charge on any atom is 0.138 e. The van der Waals surface area contributed by atoms with Gasteiger partial charge < -0.3 is 4.79 Å². The SMILES string of the molecule is CC1(C)SCNC1C=O. The van der Waals surface area contributed by atoms with Gasteiger partial charge in [-0.15, -0.1) is 11.8 Å². The van der Waals surface area contributed by atoms with E-state index in [0.29, 0.717) is 0 Å². The molecule has 3 heteroatoms. The fourth-order valence-corrected chi connectivity index (χ4v) is 1.82. The second kappa shape index (κ2) is 2.31. The fourth-order valence-electron chi connectivity index (χ4n) is 0.865. The van der Waals surface area contributed by atoms with E-state index in [2.05, 4.69) is 19.2 Å². The maximum absolute atomic E-state index is 10.3. The summed E-state index contributed by atoms with van der Waals surface area (Å²) in [5, 5.41) is 3.09. The van der Waals surface area contributed by atoms with Gasteiger partial charge in [0.1, 0.15) is 6.29 Å². The Hall–Kier alpha value is -0.0200. The van der Waals surface area contributed by atoms with E-state index in [0.717, 1.165) is 12.2 Å². The predicted molar refractivity (Wildman–Crippen MR) is 39.5 cm³/mol. The normalized spacial score (nSPS) is 32.4. The second-order valence-corrected chi connectivity index (χ2v) is 4.34. The lowest BCUT2D eigenvalue weighted by atomic mass is 10.1. The Kier molecular flexibility index (Phi) is 1.82. The Morgan fingerprint density at radius 3 is 2.67 bits per heavy atom. The summed E-state index contributed by atoms with van der Waals surface area (Å²) in [6.07, 6.45) is 0.986. The lowest BCUT2D eigenvalue weighted by molar-refractivity contribution is -0.109. The molecule has 0 spiro atoms. The van der Waals surface area contributed by atoms with Gasteiger partial charge in [-0.25, -0.2) is 0 Å². The highest BCUT2D eigenvalue weighted by molar-refractivity contribution is 8.00. The van der Waals surface area contributed by atoms with Crippen LogP contribution < -0.4 is 5.32 Å². The third-order valence-corrected chi connectivity index (χ3v) is 2.94. The Bertz CT molecular complexity index is 124. The molecule has 1 aliphatic heterocycles. The molecule has 1 unspecified atom stereocenters. The molecule has 1 atom stereocenters. The molecule has 9 heavy (non-hydrogen) atoms. The van der Waals surface area contributed by atoms with Gasteiger partial charge in [-0.05, 0) is 13.8 Å². The number of thioether (sulfide) groups is 1. The lowest BCUT2D eigenvalue weighted by Crippen LogP contribution is -2.37. The van der Waals surface area contributed by atoms with Crippen molar-refractivity contribution in [2.75, 3.05) is 5.88 Å². The van der Waals surface area contributed by atoms with E-state index in [-0.39, 0.29) is 10.8 Å². The average molecular weight is 145 g/mol. The van der Waals surface area contributed by atoms with Crippen molar-refractivity contribution in [1.82, 2.24) is 5.32 Å². The minimum Gasteiger partial charge on any atom is -0.302 e. The van der Waals surface area contributed by atoms with E-state index in [9.17, 15) is 4.79 Å². The highest BCUT2D eigenvalue weighted by Gasteiger charge is 2.34. The highest BCUT2D eigenvalue weighted by atomic mass is 32.2. The minimum atomic E-state index is 0.0440. The number of hydrogen-bond donors (Lipinski definition) is 1. The van der Waals surface area contributed by atoms with Gasteiger partial charge in [0.15, 0.2) is 0 Å². The summed E-state index contributed by atoms with van der Waals surface area (Å²) in [7, 11) is 0. The van der Waals surface area contributed by atoms with Crippen LogP contribution in [-0.2, 0) is 4.79 Å². The summed E-state index contributed by atoms with van der Waals surface area (Å²) in [6, 6.07) is 0.0440. The Labute approximate surface area is 59.4 Å². The number of aldehydes is 1. The lowest BCUT2D eigenvalue weighted by Gasteiger charge is -2.19. The molecule has 0 radical (unpaired) electrons. The molecule has 1 N–H and O–H groups in total. The van der Waals surface area contributed by atoms with Crippen LogP contribution >= 0.6 is 11.8 Å². The Balaban J connectivity index is 2.62. The number of carbonyl (C=O) groups excluding carboxylic acids is 1. The smallest absolute Gasteiger partial charge is 0.138 e. The first kappa shape index (κ1) is 7.09. The van der Waals surface area contributed by atoms with Crippen LogP contribution in [0.2, 0.25) is 0 Å². The number of nitrogens with one attached hydrogen (secondary N) is 1. The molecule has 0 amide bonds. The number of hydrogen-bond acceptors (Lipinski definition) is 3. The highest BCUT2D eigenvalue weighted by Crippen LogP contribution is 2.31. The van der Waals surface area contributed by atoms with E-state index >= 15 is 0 Å². The van der Waals surface area contributed by atoms with Gasteiger partial charge in [0, 0.05) is 10.6 Å². The van der Waals surface area contributed by atoms with Crippen molar-refractivity contribution in [3.05, 3.63) is 0 Å². The van der Waals surface area contributed by atoms with Gasteiger partial charge in [0.25, 0.3) is 0 Å². The number of carbonyl (C=O) groups is 1. The zero-order valence-electron chi connectivity index (χ0n) is 5.68. The van der Waals surface area contributed by atoms with Crippen molar-refractivity contribution in [3.63, 3.8) is 0 Å². The first-order chi connectivity index (χ1) is 4.17. The van der Waals surface area contributed by atoms with Crippen molar-refractivity contribution in [3.8, 4) is 0 Å². The quantitative estimate of drug-likeness (QED) is 0.549. The molecule has 0 saturated carbocycles. The first-order valence-corrected chi connectivity index (χ1v) is 3.98. The number of rotatable bonds is 1. The van der Waals surface area contributed by atoms with Gasteiger partial charge in [-0.3, -0.25) is 5.32 Å². The molecular weight excluding hydrogens is 134 g/mol. The average Bonchev–Trinajstić information content (AvgIpc) is 2.08. The van der Waals surface area contributed by atoms with E-state index in [1.54, 1.807) is 11.8 Å². The van der Waals surface area contributed by atoms with Gasteiger partial charge in [-0.1, -0.05) is 0 Å². The van der Waals surface area contributed by atoms with Crippen molar-refractivity contribution >= 4 is 18.0 Å². The van der Waals surface area contributed by atoms with Crippen LogP contribution in [0.1, 0.15) is 13.8 Å². The predicted octanol–water partition coefficient (Wildman–Crippen LogP) is 0.626. The van der Waals surface area contributed by atoms with Gasteiger partial charge in [-0.2, -0.15) is 0 Å². The molecule has 0 aromatic carbocycles. The fraction of sp³-hybridized carbons (Fsp3) is 0.833. The zero-order valence-corrected chi connectivity index (χ0v) is 6.49. The molecular formula is C6H11NOS. The minimum absolute atomic E-state index is 0.0440. The van der Waals surface area contributed by atoms with E-state index in [1.165, 1.54) is 0 Å². The first-order valence-electron chi connectivity index (χ1n) is 2.99. The van der Waals surface area contributed by atoms with Crippen molar-refractivity contribution in [2.24, 2.45) is 0 Å². The largest absolute Gasteiger partial charge is 0.302 e. The standard InChI is InChI=1S/C6H11NOS/c1-6(2)5(3-8)7-4-9-6/h3,5,7H,4H2,1-2H3. The Morgan fingerprint density at radius 2 is 2.44 bits per heavy atom. The van der Waals surface area contributed by atoms with Crippen LogP contribution in [0.25, 0.3) is 0 Å². The molecule has 1 heterocycles. The topological polar surface area (TPSA) is 29.1 Å². The van der Waals surface area contributed by atoms with E-state index < -0.39 is 0 Å². The summed E-state index contributed by atoms with van der Waals surface area (Å²) in [5.41, 5.74) is 0. The molecule has 0 aromatic heterocycles. The Morgan fingerprint density at radius 1 is 1.78 bits per heavy atom. The molecule has 0 bridgehead atoms. The molecule has 0 aliphatic carbocycles. The second-order valence-electron chi connectivity index (χ2n) is 2.71. The van der Waals surface area contributed by atoms with Crippen molar-refractivity contribution < 1.29 is 4.79 Å². The van der Waals surface area contributed by atoms with Gasteiger partial charge in [0.2, 0.25) is 0 Å². The van der Waals surface area contributed by atoms with Crippen LogP contribution in [0.15, 0.2) is 0 Å². The van der Waals surface area contributed by atoms with Crippen LogP contribution in [0, 0.1) is 0 Å². The summed E-state index contributed by atoms with van der Waals surface area (Å²) in [4.78, 5) is 10.3. The van der Waals surface area contributed by atoms with Crippen LogP contribution in [0.4, 0.5) is 0 Å². The summed E-state index contributed by atoms with van der Waals surface area (Å²) < 4.78 is 0.0990. The van der Waals surface area contributed by atoms with E-state index in [1.807, 2.05) is 0 Å². The summed E-state index contributed by atoms with van der Waals surface area (Å²) in [5.74, 6) is 0.899. The van der Waals surface area contributed by atoms with Crippen LogP contribution in [0.5, 0.6) is 0 Å². The zero-order chi connectivity index (χ0) is 6.91. The molecule has 52 valence electrons. The third-order valence-electron chi connectivity index (χ3n) is 1.63. The third kappa shape index (κ3) is 1.27. The van der Waals surface area contributed by atoms with Crippen molar-refractivity contribution in [2.45, 2.75) is 24.6 Å². The molecule has 1 saturated heterocycles. The summed E-state index contributed by atoms with van der Waals surface area (Å²) in [6.45, 7) is 4.16. The molecule has 0 aromatic rings. The molecule has 1 rings (SSSR count). The van der Waals surface area contributed by atoms with Gasteiger partial charge in [0.05, 0.1) is 6.04 Å².